The van der Waals surface area contributed by atoms with Crippen molar-refractivity contribution in [1.29, 1.82) is 0 Å². The van der Waals surface area contributed by atoms with E-state index in [4.69, 9.17) is 10.2 Å². The molecule has 1 aromatic carbocycles. The second kappa shape index (κ2) is 4.29. The van der Waals surface area contributed by atoms with Gasteiger partial charge in [0.25, 0.3) is 0 Å². The zero-order valence-corrected chi connectivity index (χ0v) is 7.94. The van der Waals surface area contributed by atoms with Crippen LogP contribution in [0.3, 0.4) is 0 Å². The molecule has 0 saturated heterocycles. The second-order valence-electron chi connectivity index (χ2n) is 2.71. The minimum Gasteiger partial charge on any atom is -0.478 e. The van der Waals surface area contributed by atoms with Crippen LogP contribution in [-0.4, -0.2) is 22.2 Å². The number of aromatic carboxylic acids is 2. The molecule has 4 heteroatoms. The molecule has 0 saturated carbocycles. The largest absolute Gasteiger partial charge is 0.478 e. The molecule has 0 spiro atoms. The van der Waals surface area contributed by atoms with Gasteiger partial charge in [0.1, 0.15) is 0 Å². The fourth-order valence-electron chi connectivity index (χ4n) is 1.17. The lowest BCUT2D eigenvalue weighted by Crippen LogP contribution is -2.07. The summed E-state index contributed by atoms with van der Waals surface area (Å²) in [4.78, 5) is 21.6. The van der Waals surface area contributed by atoms with E-state index in [0.29, 0.717) is 0 Å². The maximum atomic E-state index is 10.8. The molecule has 0 fully saturated rings. The third-order valence-corrected chi connectivity index (χ3v) is 1.78. The van der Waals surface area contributed by atoms with Gasteiger partial charge in [0.15, 0.2) is 0 Å². The van der Waals surface area contributed by atoms with Gasteiger partial charge in [0.2, 0.25) is 0 Å². The summed E-state index contributed by atoms with van der Waals surface area (Å²) in [6.45, 7) is 1.52. The quantitative estimate of drug-likeness (QED) is 0.715. The van der Waals surface area contributed by atoms with Crippen molar-refractivity contribution in [1.82, 2.24) is 0 Å². The van der Waals surface area contributed by atoms with Crippen LogP contribution < -0.4 is 0 Å². The lowest BCUT2D eigenvalue weighted by Gasteiger charge is -2.02. The summed E-state index contributed by atoms with van der Waals surface area (Å²) in [7, 11) is 0. The Bertz CT molecular complexity index is 445. The van der Waals surface area contributed by atoms with Crippen LogP contribution in [0.25, 0.3) is 0 Å². The molecule has 4 nitrogen and oxygen atoms in total. The number of carboxylic acids is 2. The molecule has 0 bridgehead atoms. The molecule has 76 valence electrons. The predicted molar refractivity (Wildman–Crippen MR) is 52.9 cm³/mol. The summed E-state index contributed by atoms with van der Waals surface area (Å²) in [6.07, 6.45) is 0. The van der Waals surface area contributed by atoms with Crippen molar-refractivity contribution in [3.8, 4) is 11.8 Å². The van der Waals surface area contributed by atoms with Crippen LogP contribution in [0.1, 0.15) is 33.2 Å². The van der Waals surface area contributed by atoms with Crippen LogP contribution in [0.2, 0.25) is 0 Å². The lowest BCUT2D eigenvalue weighted by atomic mass is 10.0. The first-order valence-electron chi connectivity index (χ1n) is 4.10. The normalized spacial score (nSPS) is 8.87. The Balaban J connectivity index is 3.53. The summed E-state index contributed by atoms with van der Waals surface area (Å²) in [5.41, 5.74) is -0.145. The van der Waals surface area contributed by atoms with Crippen LogP contribution in [-0.2, 0) is 0 Å². The highest BCUT2D eigenvalue weighted by Crippen LogP contribution is 2.14. The first-order valence-corrected chi connectivity index (χ1v) is 4.10. The van der Waals surface area contributed by atoms with E-state index in [2.05, 4.69) is 11.8 Å². The Morgan fingerprint density at radius 2 is 1.60 bits per heavy atom. The average Bonchev–Trinajstić information content (AvgIpc) is 2.17. The van der Waals surface area contributed by atoms with E-state index in [9.17, 15) is 9.59 Å². The van der Waals surface area contributed by atoms with Crippen LogP contribution in [0.15, 0.2) is 18.2 Å². The van der Waals surface area contributed by atoms with E-state index < -0.39 is 11.9 Å². The molecule has 0 atom stereocenters. The van der Waals surface area contributed by atoms with Crippen LogP contribution in [0.5, 0.6) is 0 Å². The number of carboxylic acid groups (broad SMARTS) is 2. The Morgan fingerprint density at radius 3 is 1.93 bits per heavy atom. The van der Waals surface area contributed by atoms with E-state index in [-0.39, 0.29) is 16.7 Å². The number of carbonyl (C=O) groups is 2. The molecule has 0 aliphatic carbocycles. The molecule has 15 heavy (non-hydrogen) atoms. The fourth-order valence-corrected chi connectivity index (χ4v) is 1.17. The van der Waals surface area contributed by atoms with Gasteiger partial charge >= 0.3 is 11.9 Å². The highest BCUT2D eigenvalue weighted by Gasteiger charge is 2.16. The zero-order chi connectivity index (χ0) is 11.4. The molecule has 0 aromatic heterocycles. The molecule has 0 aliphatic rings. The third kappa shape index (κ3) is 2.15. The van der Waals surface area contributed by atoms with Crippen LogP contribution in [0.4, 0.5) is 0 Å². The lowest BCUT2D eigenvalue weighted by molar-refractivity contribution is 0.0696. The number of hydrogen-bond donors (Lipinski definition) is 2. The molecule has 0 unspecified atom stereocenters. The average molecular weight is 204 g/mol. The van der Waals surface area contributed by atoms with Crippen molar-refractivity contribution in [2.24, 2.45) is 0 Å². The van der Waals surface area contributed by atoms with E-state index in [1.165, 1.54) is 25.1 Å². The highest BCUT2D eigenvalue weighted by atomic mass is 16.4. The Hall–Kier alpha value is -2.28. The second-order valence-corrected chi connectivity index (χ2v) is 2.71. The molecule has 0 heterocycles. The van der Waals surface area contributed by atoms with Gasteiger partial charge in [-0.05, 0) is 19.1 Å². The zero-order valence-electron chi connectivity index (χ0n) is 7.94. The van der Waals surface area contributed by atoms with Crippen molar-refractivity contribution < 1.29 is 19.8 Å². The van der Waals surface area contributed by atoms with Crippen molar-refractivity contribution in [2.45, 2.75) is 6.92 Å². The maximum Gasteiger partial charge on any atom is 0.336 e. The number of hydrogen-bond acceptors (Lipinski definition) is 2. The molecule has 0 radical (unpaired) electrons. The fraction of sp³-hybridized carbons (Fsp3) is 0.0909. The van der Waals surface area contributed by atoms with E-state index in [1.807, 2.05) is 0 Å². The van der Waals surface area contributed by atoms with Gasteiger partial charge in [-0.2, -0.15) is 0 Å². The monoisotopic (exact) mass is 204 g/mol. The Morgan fingerprint density at radius 1 is 1.13 bits per heavy atom. The van der Waals surface area contributed by atoms with Crippen LogP contribution in [0, 0.1) is 11.8 Å². The van der Waals surface area contributed by atoms with Gasteiger partial charge < -0.3 is 10.2 Å². The molecule has 1 aromatic rings. The van der Waals surface area contributed by atoms with Gasteiger partial charge in [0.05, 0.1) is 16.7 Å². The summed E-state index contributed by atoms with van der Waals surface area (Å²) in [5.74, 6) is 2.62. The van der Waals surface area contributed by atoms with E-state index >= 15 is 0 Å². The molecule has 1 rings (SSSR count). The van der Waals surface area contributed by atoms with Crippen LogP contribution >= 0.6 is 0 Å². The van der Waals surface area contributed by atoms with Crippen molar-refractivity contribution >= 4 is 11.9 Å². The summed E-state index contributed by atoms with van der Waals surface area (Å²) >= 11 is 0. The molecular formula is C11H8O4. The Labute approximate surface area is 86.2 Å². The maximum absolute atomic E-state index is 10.8. The standard InChI is InChI=1S/C11H8O4/c1-2-4-7-8(10(12)13)5-3-6-9(7)11(14)15/h3,5-6H,1H3,(H,12,13)(H,14,15). The molecule has 2 N–H and O–H groups in total. The number of benzene rings is 1. The van der Waals surface area contributed by atoms with Crippen molar-refractivity contribution in [3.05, 3.63) is 34.9 Å². The van der Waals surface area contributed by atoms with Crippen molar-refractivity contribution in [2.75, 3.05) is 0 Å². The van der Waals surface area contributed by atoms with Gasteiger partial charge in [-0.3, -0.25) is 0 Å². The third-order valence-electron chi connectivity index (χ3n) is 1.78. The van der Waals surface area contributed by atoms with E-state index in [1.54, 1.807) is 0 Å². The minimum atomic E-state index is -1.18. The molecule has 0 aliphatic heterocycles. The summed E-state index contributed by atoms with van der Waals surface area (Å²) in [6, 6.07) is 4.04. The minimum absolute atomic E-state index is 0.0417. The summed E-state index contributed by atoms with van der Waals surface area (Å²) in [5, 5.41) is 17.7. The van der Waals surface area contributed by atoms with Gasteiger partial charge in [-0.25, -0.2) is 9.59 Å². The summed E-state index contributed by atoms with van der Waals surface area (Å²) < 4.78 is 0. The first-order chi connectivity index (χ1) is 7.07. The van der Waals surface area contributed by atoms with Gasteiger partial charge in [0, 0.05) is 0 Å². The SMILES string of the molecule is CC#Cc1c(C(=O)O)cccc1C(=O)O. The Kier molecular flexibility index (Phi) is 3.09. The van der Waals surface area contributed by atoms with Crippen molar-refractivity contribution in [3.63, 3.8) is 0 Å². The van der Waals surface area contributed by atoms with Gasteiger partial charge in [-0.1, -0.05) is 12.0 Å². The highest BCUT2D eigenvalue weighted by molar-refractivity contribution is 5.98. The van der Waals surface area contributed by atoms with E-state index in [0.717, 1.165) is 0 Å². The molecular weight excluding hydrogens is 196 g/mol. The first kappa shape index (κ1) is 10.8. The molecule has 0 amide bonds. The smallest absolute Gasteiger partial charge is 0.336 e. The topological polar surface area (TPSA) is 74.6 Å². The van der Waals surface area contributed by atoms with Gasteiger partial charge in [-0.15, -0.1) is 5.92 Å². The number of rotatable bonds is 2. The predicted octanol–water partition coefficient (Wildman–Crippen LogP) is 1.45.